The van der Waals surface area contributed by atoms with E-state index in [1.165, 1.54) is 25.7 Å². The van der Waals surface area contributed by atoms with Gasteiger partial charge in [-0.25, -0.2) is 0 Å². The van der Waals surface area contributed by atoms with E-state index in [9.17, 15) is 4.79 Å². The zero-order valence-corrected chi connectivity index (χ0v) is 13.5. The number of nitrogens with zero attached hydrogens (tertiary/aromatic N) is 2. The van der Waals surface area contributed by atoms with E-state index in [-0.39, 0.29) is 0 Å². The van der Waals surface area contributed by atoms with Crippen LogP contribution in [0.1, 0.15) is 57.8 Å². The fourth-order valence-electron chi connectivity index (χ4n) is 4.50. The number of likely N-dealkylation sites (N-methyl/N-ethyl adjacent to an activating group) is 1. The van der Waals surface area contributed by atoms with Crippen molar-refractivity contribution in [2.24, 2.45) is 11.7 Å². The molecular weight excluding hydrogens is 262 g/mol. The van der Waals surface area contributed by atoms with Gasteiger partial charge in [0.15, 0.2) is 0 Å². The molecule has 0 aromatic rings. The average Bonchev–Trinajstić information content (AvgIpc) is 2.71. The molecule has 3 aliphatic rings. The molecule has 21 heavy (non-hydrogen) atoms. The minimum atomic E-state index is 0.394. The maximum absolute atomic E-state index is 12.5. The molecule has 2 bridgehead atoms. The van der Waals surface area contributed by atoms with Crippen molar-refractivity contribution < 1.29 is 4.79 Å². The van der Waals surface area contributed by atoms with Crippen molar-refractivity contribution in [3.05, 3.63) is 0 Å². The fourth-order valence-corrected chi connectivity index (χ4v) is 4.50. The summed E-state index contributed by atoms with van der Waals surface area (Å²) in [6.45, 7) is 1.93. The summed E-state index contributed by atoms with van der Waals surface area (Å²) in [4.78, 5) is 17.2. The summed E-state index contributed by atoms with van der Waals surface area (Å²) >= 11 is 0. The van der Waals surface area contributed by atoms with Crippen LogP contribution in [0.5, 0.6) is 0 Å². The van der Waals surface area contributed by atoms with Crippen LogP contribution >= 0.6 is 0 Å². The Balaban J connectivity index is 1.45. The summed E-state index contributed by atoms with van der Waals surface area (Å²) in [6.07, 6.45) is 10.3. The Labute approximate surface area is 129 Å². The number of fused-ring (bicyclic) bond motifs is 2. The molecule has 4 nitrogen and oxygen atoms in total. The highest BCUT2D eigenvalue weighted by atomic mass is 16.2. The first-order valence-electron chi connectivity index (χ1n) is 8.88. The standard InChI is InChI=1S/C17H31N3O/c1-19-15-7-8-16(19)12-20(11-10-15)17(21)9-4-13-2-5-14(18)6-3-13/h13-16H,2-12,18H2,1H3. The number of nitrogens with two attached hydrogens (primary N) is 1. The maximum atomic E-state index is 12.5. The summed E-state index contributed by atoms with van der Waals surface area (Å²) in [5.74, 6) is 1.13. The van der Waals surface area contributed by atoms with Crippen LogP contribution in [-0.4, -0.2) is 54.0 Å². The molecule has 2 aliphatic heterocycles. The van der Waals surface area contributed by atoms with Crippen molar-refractivity contribution in [3.63, 3.8) is 0 Å². The lowest BCUT2D eigenvalue weighted by molar-refractivity contribution is -0.131. The van der Waals surface area contributed by atoms with Crippen LogP contribution in [-0.2, 0) is 4.79 Å². The smallest absolute Gasteiger partial charge is 0.222 e. The molecule has 1 aliphatic carbocycles. The highest BCUT2D eigenvalue weighted by molar-refractivity contribution is 5.76. The topological polar surface area (TPSA) is 49.6 Å². The van der Waals surface area contributed by atoms with E-state index in [4.69, 9.17) is 5.73 Å². The number of amides is 1. The van der Waals surface area contributed by atoms with E-state index in [0.29, 0.717) is 24.0 Å². The molecule has 2 saturated heterocycles. The van der Waals surface area contributed by atoms with Crippen molar-refractivity contribution in [2.45, 2.75) is 75.9 Å². The first-order valence-corrected chi connectivity index (χ1v) is 8.88. The van der Waals surface area contributed by atoms with Crippen LogP contribution in [0.4, 0.5) is 0 Å². The second-order valence-corrected chi connectivity index (χ2v) is 7.50. The monoisotopic (exact) mass is 293 g/mol. The van der Waals surface area contributed by atoms with E-state index in [1.807, 2.05) is 0 Å². The van der Waals surface area contributed by atoms with Gasteiger partial charge < -0.3 is 10.6 Å². The predicted octanol–water partition coefficient (Wildman–Crippen LogP) is 1.98. The first-order chi connectivity index (χ1) is 10.1. The van der Waals surface area contributed by atoms with Gasteiger partial charge >= 0.3 is 0 Å². The lowest BCUT2D eigenvalue weighted by Gasteiger charge is -2.28. The molecule has 3 fully saturated rings. The molecule has 2 N–H and O–H groups in total. The average molecular weight is 293 g/mol. The molecule has 0 radical (unpaired) electrons. The van der Waals surface area contributed by atoms with Crippen molar-refractivity contribution in [1.29, 1.82) is 0 Å². The van der Waals surface area contributed by atoms with Crippen molar-refractivity contribution in [1.82, 2.24) is 9.80 Å². The molecule has 2 atom stereocenters. The van der Waals surface area contributed by atoms with Crippen LogP contribution in [0, 0.1) is 5.92 Å². The first kappa shape index (κ1) is 15.3. The SMILES string of the molecule is CN1C2CCC1CN(C(=O)CCC1CCC(N)CC1)CC2. The highest BCUT2D eigenvalue weighted by Gasteiger charge is 2.35. The summed E-state index contributed by atoms with van der Waals surface area (Å²) < 4.78 is 0. The van der Waals surface area contributed by atoms with Crippen molar-refractivity contribution in [3.8, 4) is 0 Å². The minimum Gasteiger partial charge on any atom is -0.341 e. The van der Waals surface area contributed by atoms with Gasteiger partial charge in [-0.2, -0.15) is 0 Å². The Kier molecular flexibility index (Phi) is 4.85. The predicted molar refractivity (Wildman–Crippen MR) is 84.9 cm³/mol. The quantitative estimate of drug-likeness (QED) is 0.865. The minimum absolute atomic E-state index is 0.394. The molecule has 0 spiro atoms. The van der Waals surface area contributed by atoms with Crippen LogP contribution in [0.3, 0.4) is 0 Å². The third kappa shape index (κ3) is 3.59. The Morgan fingerprint density at radius 3 is 2.52 bits per heavy atom. The van der Waals surface area contributed by atoms with Crippen LogP contribution in [0.15, 0.2) is 0 Å². The zero-order chi connectivity index (χ0) is 14.8. The van der Waals surface area contributed by atoms with Crippen LogP contribution in [0.25, 0.3) is 0 Å². The normalized spacial score (nSPS) is 37.5. The van der Waals surface area contributed by atoms with Gasteiger partial charge in [-0.05, 0) is 64.3 Å². The lowest BCUT2D eigenvalue weighted by atomic mass is 9.83. The Morgan fingerprint density at radius 2 is 1.76 bits per heavy atom. The molecule has 4 heteroatoms. The fraction of sp³-hybridized carbons (Fsp3) is 0.941. The molecule has 2 heterocycles. The number of rotatable bonds is 3. The third-order valence-electron chi connectivity index (χ3n) is 6.16. The third-order valence-corrected chi connectivity index (χ3v) is 6.16. The molecule has 120 valence electrons. The van der Waals surface area contributed by atoms with E-state index in [0.717, 1.165) is 51.1 Å². The Morgan fingerprint density at radius 1 is 1.05 bits per heavy atom. The van der Waals surface area contributed by atoms with E-state index in [1.54, 1.807) is 0 Å². The summed E-state index contributed by atoms with van der Waals surface area (Å²) in [7, 11) is 2.24. The molecule has 1 saturated carbocycles. The molecule has 0 aromatic carbocycles. The van der Waals surface area contributed by atoms with E-state index >= 15 is 0 Å². The summed E-state index contributed by atoms with van der Waals surface area (Å²) in [5.41, 5.74) is 5.96. The largest absolute Gasteiger partial charge is 0.341 e. The van der Waals surface area contributed by atoms with Gasteiger partial charge in [-0.3, -0.25) is 9.69 Å². The van der Waals surface area contributed by atoms with E-state index < -0.39 is 0 Å². The second kappa shape index (κ2) is 6.66. The Hall–Kier alpha value is -0.610. The van der Waals surface area contributed by atoms with Gasteiger partial charge in [0.25, 0.3) is 0 Å². The van der Waals surface area contributed by atoms with Crippen molar-refractivity contribution in [2.75, 3.05) is 20.1 Å². The molecule has 1 amide bonds. The maximum Gasteiger partial charge on any atom is 0.222 e. The highest BCUT2D eigenvalue weighted by Crippen LogP contribution is 2.30. The second-order valence-electron chi connectivity index (χ2n) is 7.50. The van der Waals surface area contributed by atoms with Crippen LogP contribution in [0.2, 0.25) is 0 Å². The van der Waals surface area contributed by atoms with E-state index in [2.05, 4.69) is 16.8 Å². The molecule has 0 aromatic heterocycles. The number of carbonyl (C=O) groups excluding carboxylic acids is 1. The molecular formula is C17H31N3O. The lowest BCUT2D eigenvalue weighted by Crippen LogP contribution is -2.39. The van der Waals surface area contributed by atoms with Crippen molar-refractivity contribution >= 4 is 5.91 Å². The van der Waals surface area contributed by atoms with Gasteiger partial charge in [0.05, 0.1) is 0 Å². The van der Waals surface area contributed by atoms with Gasteiger partial charge in [-0.15, -0.1) is 0 Å². The van der Waals surface area contributed by atoms with Gasteiger partial charge in [-0.1, -0.05) is 0 Å². The van der Waals surface area contributed by atoms with Gasteiger partial charge in [0, 0.05) is 37.6 Å². The van der Waals surface area contributed by atoms with Crippen LogP contribution < -0.4 is 5.73 Å². The number of carbonyl (C=O) groups is 1. The van der Waals surface area contributed by atoms with Gasteiger partial charge in [0.2, 0.25) is 5.91 Å². The number of hydrogen-bond acceptors (Lipinski definition) is 3. The van der Waals surface area contributed by atoms with Gasteiger partial charge in [0.1, 0.15) is 0 Å². The Bertz CT molecular complexity index is 365. The summed E-state index contributed by atoms with van der Waals surface area (Å²) in [5, 5.41) is 0. The zero-order valence-electron chi connectivity index (χ0n) is 13.5. The number of likely N-dealkylation sites (tertiary alicyclic amines) is 1. The summed E-state index contributed by atoms with van der Waals surface area (Å²) in [6, 6.07) is 1.73. The molecule has 3 rings (SSSR count). The number of hydrogen-bond donors (Lipinski definition) is 1. The molecule has 2 unspecified atom stereocenters.